The number of anilines is 1. The summed E-state index contributed by atoms with van der Waals surface area (Å²) in [7, 11) is 0. The van der Waals surface area contributed by atoms with Crippen LogP contribution in [0.1, 0.15) is 27.7 Å². The van der Waals surface area contributed by atoms with E-state index in [1.54, 1.807) is 0 Å². The maximum Gasteiger partial charge on any atom is 0.303 e. The third-order valence-electron chi connectivity index (χ3n) is 3.65. The fourth-order valence-electron chi connectivity index (χ4n) is 2.52. The van der Waals surface area contributed by atoms with Crippen molar-refractivity contribution in [3.8, 4) is 0 Å². The summed E-state index contributed by atoms with van der Waals surface area (Å²) in [6.45, 7) is 3.39. The second kappa shape index (κ2) is 12.0. The highest BCUT2D eigenvalue weighted by molar-refractivity contribution is 5.97. The number of esters is 4. The minimum Gasteiger partial charge on any atom is -0.462 e. The fraction of sp³-hybridized carbons (Fsp3) is 0.421. The van der Waals surface area contributed by atoms with Crippen LogP contribution >= 0.6 is 0 Å². The van der Waals surface area contributed by atoms with E-state index in [0.29, 0.717) is 0 Å². The average molecular weight is 454 g/mol. The van der Waals surface area contributed by atoms with E-state index < -0.39 is 65.3 Å². The Morgan fingerprint density at radius 2 is 1.47 bits per heavy atom. The molecule has 0 aromatic heterocycles. The summed E-state index contributed by atoms with van der Waals surface area (Å²) >= 11 is 0. The molecule has 0 bridgehead atoms. The van der Waals surface area contributed by atoms with Crippen LogP contribution in [0.2, 0.25) is 0 Å². The van der Waals surface area contributed by atoms with Crippen molar-refractivity contribution >= 4 is 41.2 Å². The van der Waals surface area contributed by atoms with Gasteiger partial charge in [-0.25, -0.2) is 0 Å². The minimum absolute atomic E-state index is 0.231. The summed E-state index contributed by atoms with van der Waals surface area (Å²) in [6, 6.07) is 5.14. The summed E-state index contributed by atoms with van der Waals surface area (Å²) in [4.78, 5) is 69.4. The second-order valence-corrected chi connectivity index (χ2v) is 6.32. The van der Waals surface area contributed by atoms with Crippen LogP contribution in [0.4, 0.5) is 11.4 Å². The van der Waals surface area contributed by atoms with Gasteiger partial charge < -0.3 is 24.3 Å². The zero-order valence-electron chi connectivity index (χ0n) is 17.7. The van der Waals surface area contributed by atoms with Gasteiger partial charge in [-0.3, -0.25) is 34.1 Å². The van der Waals surface area contributed by atoms with Gasteiger partial charge in [-0.1, -0.05) is 12.1 Å². The highest BCUT2D eigenvalue weighted by Gasteiger charge is 2.42. The van der Waals surface area contributed by atoms with E-state index in [4.69, 9.17) is 18.9 Å². The van der Waals surface area contributed by atoms with Crippen molar-refractivity contribution in [3.05, 3.63) is 34.4 Å². The molecule has 174 valence electrons. The molecule has 0 fully saturated rings. The quantitative estimate of drug-likeness (QED) is 0.230. The zero-order valence-corrected chi connectivity index (χ0v) is 17.7. The van der Waals surface area contributed by atoms with Gasteiger partial charge in [0.15, 0.2) is 12.2 Å². The number of hydrogen-bond donors (Lipinski definition) is 1. The van der Waals surface area contributed by atoms with Crippen LogP contribution in [0.15, 0.2) is 24.3 Å². The molecule has 0 aliphatic rings. The van der Waals surface area contributed by atoms with Crippen molar-refractivity contribution in [1.82, 2.24) is 0 Å². The number of benzene rings is 1. The molecule has 13 heteroatoms. The van der Waals surface area contributed by atoms with Crippen LogP contribution in [0.3, 0.4) is 0 Å². The van der Waals surface area contributed by atoms with Gasteiger partial charge in [0, 0.05) is 33.8 Å². The van der Waals surface area contributed by atoms with E-state index in [-0.39, 0.29) is 5.69 Å². The largest absolute Gasteiger partial charge is 0.462 e. The Hall–Kier alpha value is -4.03. The molecule has 0 saturated carbocycles. The number of nitrogens with one attached hydrogen (secondary N) is 1. The first-order valence-electron chi connectivity index (χ1n) is 9.11. The summed E-state index contributed by atoms with van der Waals surface area (Å²) in [5.74, 6) is -4.68. The smallest absolute Gasteiger partial charge is 0.303 e. The van der Waals surface area contributed by atoms with E-state index in [1.807, 2.05) is 0 Å². The van der Waals surface area contributed by atoms with Crippen LogP contribution in [0.25, 0.3) is 0 Å². The molecule has 0 heterocycles. The van der Waals surface area contributed by atoms with Crippen molar-refractivity contribution in [2.75, 3.05) is 11.9 Å². The number of nitro benzene ring substituents is 1. The number of amides is 1. The molecule has 1 amide bonds. The molecule has 0 aliphatic heterocycles. The molecule has 1 aromatic carbocycles. The van der Waals surface area contributed by atoms with Crippen molar-refractivity contribution in [2.45, 2.75) is 46.0 Å². The summed E-state index contributed by atoms with van der Waals surface area (Å²) in [6.07, 6.45) is -5.21. The first-order chi connectivity index (χ1) is 14.9. The Kier molecular flexibility index (Phi) is 9.73. The fourth-order valence-corrected chi connectivity index (χ4v) is 2.52. The molecule has 13 nitrogen and oxygen atoms in total. The molecule has 3 unspecified atom stereocenters. The SMILES string of the molecule is CC(=O)OCC(OC(C)=O)C(OC(C)=O)C(OC(C)=O)C(=O)Nc1ccccc1[N+](=O)[O-]. The molecule has 32 heavy (non-hydrogen) atoms. The Balaban J connectivity index is 3.38. The average Bonchev–Trinajstić information content (AvgIpc) is 2.67. The van der Waals surface area contributed by atoms with Gasteiger partial charge in [0.2, 0.25) is 6.10 Å². The number of rotatable bonds is 10. The van der Waals surface area contributed by atoms with E-state index >= 15 is 0 Å². The van der Waals surface area contributed by atoms with E-state index in [0.717, 1.165) is 33.8 Å². The van der Waals surface area contributed by atoms with Crippen LogP contribution in [0, 0.1) is 10.1 Å². The third kappa shape index (κ3) is 8.38. The third-order valence-corrected chi connectivity index (χ3v) is 3.65. The van der Waals surface area contributed by atoms with Gasteiger partial charge in [0.1, 0.15) is 12.3 Å². The normalized spacial score (nSPS) is 13.0. The Morgan fingerprint density at radius 3 is 1.97 bits per heavy atom. The van der Waals surface area contributed by atoms with Gasteiger partial charge in [-0.05, 0) is 6.07 Å². The number of hydrogen-bond acceptors (Lipinski definition) is 11. The maximum atomic E-state index is 12.9. The Morgan fingerprint density at radius 1 is 0.906 bits per heavy atom. The lowest BCUT2D eigenvalue weighted by Gasteiger charge is -2.30. The molecule has 0 radical (unpaired) electrons. The van der Waals surface area contributed by atoms with E-state index in [9.17, 15) is 34.1 Å². The van der Waals surface area contributed by atoms with Crippen molar-refractivity contribution < 1.29 is 47.8 Å². The number of nitro groups is 1. The minimum atomic E-state index is -1.92. The van der Waals surface area contributed by atoms with Crippen molar-refractivity contribution in [2.24, 2.45) is 0 Å². The van der Waals surface area contributed by atoms with Crippen LogP contribution in [-0.2, 0) is 42.9 Å². The predicted octanol–water partition coefficient (Wildman–Crippen LogP) is 0.892. The molecule has 0 saturated heterocycles. The number of para-hydroxylation sites is 2. The Labute approximate surface area is 182 Å². The molecule has 0 aliphatic carbocycles. The van der Waals surface area contributed by atoms with Crippen LogP contribution in [-0.4, -0.2) is 59.6 Å². The molecule has 1 rings (SSSR count). The van der Waals surface area contributed by atoms with E-state index in [1.165, 1.54) is 18.2 Å². The lowest BCUT2D eigenvalue weighted by Crippen LogP contribution is -2.52. The van der Waals surface area contributed by atoms with Gasteiger partial charge in [0.25, 0.3) is 11.6 Å². The highest BCUT2D eigenvalue weighted by Crippen LogP contribution is 2.24. The summed E-state index contributed by atoms with van der Waals surface area (Å²) < 4.78 is 19.9. The standard InChI is InChI=1S/C19H22N2O11/c1-10(22)29-9-16(30-11(2)23)17(31-12(3)24)18(32-13(4)25)19(26)20-14-7-5-6-8-15(14)21(27)28/h5-8,16-18H,9H2,1-4H3,(H,20,26). The monoisotopic (exact) mass is 454 g/mol. The molecule has 3 atom stereocenters. The summed E-state index contributed by atoms with van der Waals surface area (Å²) in [5, 5.41) is 13.4. The molecule has 1 N–H and O–H groups in total. The second-order valence-electron chi connectivity index (χ2n) is 6.32. The first kappa shape index (κ1) is 26.0. The van der Waals surface area contributed by atoms with Crippen LogP contribution < -0.4 is 5.32 Å². The molecule has 1 aromatic rings. The highest BCUT2D eigenvalue weighted by atomic mass is 16.6. The maximum absolute atomic E-state index is 12.9. The van der Waals surface area contributed by atoms with E-state index in [2.05, 4.69) is 5.32 Å². The number of ether oxygens (including phenoxy) is 4. The Bertz CT molecular complexity index is 899. The lowest BCUT2D eigenvalue weighted by molar-refractivity contribution is -0.383. The number of carbonyl (C=O) groups excluding carboxylic acids is 5. The number of carbonyl (C=O) groups is 5. The predicted molar refractivity (Wildman–Crippen MR) is 105 cm³/mol. The lowest BCUT2D eigenvalue weighted by atomic mass is 10.1. The van der Waals surface area contributed by atoms with Gasteiger partial charge in [-0.15, -0.1) is 0 Å². The number of nitrogens with zero attached hydrogens (tertiary/aromatic N) is 1. The van der Waals surface area contributed by atoms with Crippen molar-refractivity contribution in [3.63, 3.8) is 0 Å². The topological polar surface area (TPSA) is 177 Å². The summed E-state index contributed by atoms with van der Waals surface area (Å²) in [5.41, 5.74) is -0.687. The molecular weight excluding hydrogens is 432 g/mol. The van der Waals surface area contributed by atoms with Gasteiger partial charge >= 0.3 is 23.9 Å². The van der Waals surface area contributed by atoms with Gasteiger partial charge in [-0.2, -0.15) is 0 Å². The molecular formula is C19H22N2O11. The van der Waals surface area contributed by atoms with Crippen molar-refractivity contribution in [1.29, 1.82) is 0 Å². The molecule has 0 spiro atoms. The zero-order chi connectivity index (χ0) is 24.4. The van der Waals surface area contributed by atoms with Crippen LogP contribution in [0.5, 0.6) is 0 Å². The first-order valence-corrected chi connectivity index (χ1v) is 9.11. The van der Waals surface area contributed by atoms with Gasteiger partial charge in [0.05, 0.1) is 4.92 Å².